The van der Waals surface area contributed by atoms with Gasteiger partial charge in [0.25, 0.3) is 0 Å². The second-order valence-corrected chi connectivity index (χ2v) is 16.6. The van der Waals surface area contributed by atoms with Crippen molar-refractivity contribution in [1.82, 2.24) is 10.6 Å². The van der Waals surface area contributed by atoms with Crippen LogP contribution in [0.15, 0.2) is 70.6 Å². The summed E-state index contributed by atoms with van der Waals surface area (Å²) < 4.78 is 0. The molecule has 0 amide bonds. The van der Waals surface area contributed by atoms with Gasteiger partial charge >= 0.3 is 0 Å². The number of rotatable bonds is 12. The third kappa shape index (κ3) is 11.1. The van der Waals surface area contributed by atoms with Crippen LogP contribution in [0.2, 0.25) is 0 Å². The van der Waals surface area contributed by atoms with Gasteiger partial charge in [-0.3, -0.25) is 0 Å². The van der Waals surface area contributed by atoms with E-state index < -0.39 is 0 Å². The SMILES string of the molecule is CC(C)c1cccc(C(C)C)c1NC(=NCc1cccc(CN=C(Nc2c(C(C)C)cccc2C(C)C)NC2CCCCC2)c1)NC1CCCCC1. The number of nitrogens with one attached hydrogen (secondary N) is 4. The molecule has 5 rings (SSSR count). The van der Waals surface area contributed by atoms with E-state index >= 15 is 0 Å². The van der Waals surface area contributed by atoms with Crippen LogP contribution in [0.5, 0.6) is 0 Å². The zero-order chi connectivity index (χ0) is 37.0. The van der Waals surface area contributed by atoms with E-state index in [2.05, 4.69) is 137 Å². The predicted molar refractivity (Wildman–Crippen MR) is 225 cm³/mol. The molecule has 4 N–H and O–H groups in total. The number of nitrogens with zero attached hydrogens (tertiary/aromatic N) is 2. The molecular formula is C46H68N6. The van der Waals surface area contributed by atoms with E-state index in [-0.39, 0.29) is 0 Å². The molecule has 0 atom stereocenters. The van der Waals surface area contributed by atoms with Crippen LogP contribution in [-0.2, 0) is 13.1 Å². The molecule has 0 radical (unpaired) electrons. The molecule has 0 aromatic heterocycles. The molecule has 0 aliphatic heterocycles. The summed E-state index contributed by atoms with van der Waals surface area (Å²) in [5.74, 6) is 3.43. The van der Waals surface area contributed by atoms with Crippen LogP contribution in [0.4, 0.5) is 11.4 Å². The molecule has 2 aliphatic rings. The zero-order valence-electron chi connectivity index (χ0n) is 33.6. The minimum absolute atomic E-state index is 0.414. The van der Waals surface area contributed by atoms with Crippen molar-refractivity contribution in [2.24, 2.45) is 9.98 Å². The lowest BCUT2D eigenvalue weighted by Gasteiger charge is -2.27. The Bertz CT molecular complexity index is 1450. The Morgan fingerprint density at radius 1 is 0.500 bits per heavy atom. The molecule has 6 heteroatoms. The number of guanidine groups is 2. The van der Waals surface area contributed by atoms with Crippen LogP contribution < -0.4 is 21.3 Å². The van der Waals surface area contributed by atoms with Crippen LogP contribution >= 0.6 is 0 Å². The topological polar surface area (TPSA) is 72.8 Å². The Hall–Kier alpha value is -3.80. The van der Waals surface area contributed by atoms with E-state index in [1.165, 1.54) is 109 Å². The average Bonchev–Trinajstić information content (AvgIpc) is 3.13. The molecule has 2 fully saturated rings. The zero-order valence-corrected chi connectivity index (χ0v) is 33.6. The quantitative estimate of drug-likeness (QED) is 0.112. The summed E-state index contributed by atoms with van der Waals surface area (Å²) in [5, 5.41) is 15.4. The normalized spacial score (nSPS) is 16.6. The lowest BCUT2D eigenvalue weighted by molar-refractivity contribution is 0.413. The summed E-state index contributed by atoms with van der Waals surface area (Å²) in [4.78, 5) is 10.5. The van der Waals surface area contributed by atoms with Gasteiger partial charge in [-0.15, -0.1) is 0 Å². The summed E-state index contributed by atoms with van der Waals surface area (Å²) >= 11 is 0. The van der Waals surface area contributed by atoms with Crippen molar-refractivity contribution < 1.29 is 0 Å². The summed E-state index contributed by atoms with van der Waals surface area (Å²) in [7, 11) is 0. The molecule has 0 bridgehead atoms. The van der Waals surface area contributed by atoms with Crippen LogP contribution in [-0.4, -0.2) is 24.0 Å². The van der Waals surface area contributed by atoms with E-state index in [0.717, 1.165) is 11.9 Å². The van der Waals surface area contributed by atoms with Gasteiger partial charge in [-0.2, -0.15) is 0 Å². The Morgan fingerprint density at radius 3 is 1.15 bits per heavy atom. The number of hydrogen-bond donors (Lipinski definition) is 4. The first-order valence-corrected chi connectivity index (χ1v) is 20.6. The van der Waals surface area contributed by atoms with Crippen LogP contribution in [0.3, 0.4) is 0 Å². The molecule has 2 aliphatic carbocycles. The van der Waals surface area contributed by atoms with Gasteiger partial charge in [-0.25, -0.2) is 9.98 Å². The van der Waals surface area contributed by atoms with E-state index in [1.807, 2.05) is 0 Å². The molecule has 3 aromatic rings. The highest BCUT2D eigenvalue weighted by atomic mass is 15.2. The largest absolute Gasteiger partial charge is 0.353 e. The van der Waals surface area contributed by atoms with Crippen molar-refractivity contribution in [3.05, 3.63) is 94.0 Å². The van der Waals surface area contributed by atoms with Gasteiger partial charge in [-0.05, 0) is 82.7 Å². The van der Waals surface area contributed by atoms with Crippen LogP contribution in [0.1, 0.15) is 177 Å². The van der Waals surface area contributed by atoms with Crippen molar-refractivity contribution in [3.8, 4) is 0 Å². The third-order valence-electron chi connectivity index (χ3n) is 11.0. The minimum Gasteiger partial charge on any atom is -0.353 e. The fourth-order valence-corrected chi connectivity index (χ4v) is 7.92. The molecule has 3 aromatic carbocycles. The van der Waals surface area contributed by atoms with Gasteiger partial charge in [-0.1, -0.05) is 155 Å². The first kappa shape index (κ1) is 39.4. The van der Waals surface area contributed by atoms with Gasteiger partial charge < -0.3 is 21.3 Å². The molecule has 0 heterocycles. The maximum Gasteiger partial charge on any atom is 0.196 e. The molecule has 2 saturated carbocycles. The second kappa shape index (κ2) is 19.3. The van der Waals surface area contributed by atoms with E-state index in [1.54, 1.807) is 0 Å². The molecule has 52 heavy (non-hydrogen) atoms. The number of hydrogen-bond acceptors (Lipinski definition) is 2. The summed E-state index contributed by atoms with van der Waals surface area (Å²) in [6, 6.07) is 23.2. The van der Waals surface area contributed by atoms with Gasteiger partial charge in [0, 0.05) is 23.5 Å². The van der Waals surface area contributed by atoms with E-state index in [4.69, 9.17) is 9.98 Å². The number of benzene rings is 3. The standard InChI is InChI=1S/C46H68N6/c1-31(2)39-24-16-25-40(32(3)4)43(39)51-45(49-37-20-11-9-12-21-37)47-29-35-18-15-19-36(28-35)30-48-46(50-38-22-13-10-14-23-38)52-44-41(33(5)6)26-17-27-42(44)34(7)8/h15-19,24-28,31-34,37-38H,9-14,20-23,29-30H2,1-8H3,(H2,47,49,51)(H2,48,50,52). The first-order valence-electron chi connectivity index (χ1n) is 20.6. The van der Waals surface area contributed by atoms with Crippen molar-refractivity contribution in [2.45, 2.75) is 168 Å². The summed E-state index contributed by atoms with van der Waals surface area (Å²) in [6.07, 6.45) is 12.6. The summed E-state index contributed by atoms with van der Waals surface area (Å²) in [5.41, 5.74) is 10.2. The molecule has 0 spiro atoms. The maximum absolute atomic E-state index is 5.24. The fourth-order valence-electron chi connectivity index (χ4n) is 7.92. The fraction of sp³-hybridized carbons (Fsp3) is 0.565. The summed E-state index contributed by atoms with van der Waals surface area (Å²) in [6.45, 7) is 19.4. The lowest BCUT2D eigenvalue weighted by Crippen LogP contribution is -2.40. The predicted octanol–water partition coefficient (Wildman–Crippen LogP) is 12.0. The molecule has 0 saturated heterocycles. The number of anilines is 2. The molecule has 6 nitrogen and oxygen atoms in total. The monoisotopic (exact) mass is 705 g/mol. The van der Waals surface area contributed by atoms with E-state index in [9.17, 15) is 0 Å². The van der Waals surface area contributed by atoms with Crippen LogP contribution in [0, 0.1) is 0 Å². The van der Waals surface area contributed by atoms with Gasteiger partial charge in [0.2, 0.25) is 0 Å². The average molecular weight is 705 g/mol. The first-order chi connectivity index (χ1) is 25.1. The van der Waals surface area contributed by atoms with Gasteiger partial charge in [0.15, 0.2) is 11.9 Å². The molecular weight excluding hydrogens is 637 g/mol. The highest BCUT2D eigenvalue weighted by Crippen LogP contribution is 2.34. The Labute approximate surface area is 316 Å². The number of aliphatic imine (C=N–C) groups is 2. The highest BCUT2D eigenvalue weighted by Gasteiger charge is 2.21. The third-order valence-corrected chi connectivity index (χ3v) is 11.0. The molecule has 282 valence electrons. The van der Waals surface area contributed by atoms with Gasteiger partial charge in [0.1, 0.15) is 0 Å². The Kier molecular flexibility index (Phi) is 14.6. The van der Waals surface area contributed by atoms with Gasteiger partial charge in [0.05, 0.1) is 13.1 Å². The van der Waals surface area contributed by atoms with Crippen LogP contribution in [0.25, 0.3) is 0 Å². The second-order valence-electron chi connectivity index (χ2n) is 16.6. The van der Waals surface area contributed by atoms with Crippen molar-refractivity contribution in [1.29, 1.82) is 0 Å². The van der Waals surface area contributed by atoms with Crippen molar-refractivity contribution in [3.63, 3.8) is 0 Å². The highest BCUT2D eigenvalue weighted by molar-refractivity contribution is 5.96. The maximum atomic E-state index is 5.24. The van der Waals surface area contributed by atoms with E-state index in [0.29, 0.717) is 48.8 Å². The number of para-hydroxylation sites is 2. The van der Waals surface area contributed by atoms with Crippen molar-refractivity contribution >= 4 is 23.3 Å². The smallest absolute Gasteiger partial charge is 0.196 e. The van der Waals surface area contributed by atoms with Crippen molar-refractivity contribution in [2.75, 3.05) is 10.6 Å². The lowest BCUT2D eigenvalue weighted by atomic mass is 9.92. The molecule has 0 unspecified atom stereocenters. The Morgan fingerprint density at radius 2 is 0.827 bits per heavy atom. The Balaban J connectivity index is 1.40. The minimum atomic E-state index is 0.414.